The minimum Gasteiger partial charge on any atom is -0.347 e. The van der Waals surface area contributed by atoms with Crippen LogP contribution in [0.3, 0.4) is 0 Å². The van der Waals surface area contributed by atoms with Crippen LogP contribution >= 0.6 is 0 Å². The van der Waals surface area contributed by atoms with Crippen molar-refractivity contribution < 1.29 is 0 Å². The number of allylic oxidation sites excluding steroid dienone is 1. The third-order valence-corrected chi connectivity index (χ3v) is 3.84. The van der Waals surface area contributed by atoms with E-state index in [2.05, 4.69) is 48.6 Å². The predicted molar refractivity (Wildman–Crippen MR) is 98.7 cm³/mol. The molecule has 3 heteroatoms. The average molecular weight is 301 g/mol. The lowest BCUT2D eigenvalue weighted by atomic mass is 9.99. The number of nitrogens with zero attached hydrogens (tertiary/aromatic N) is 1. The molecular formula is C19H31N3. The Hall–Kier alpha value is -1.79. The molecule has 2 heterocycles. The molecule has 1 fully saturated rings. The van der Waals surface area contributed by atoms with E-state index in [1.54, 1.807) is 6.34 Å². The van der Waals surface area contributed by atoms with Gasteiger partial charge in [0.05, 0.1) is 12.0 Å². The predicted octanol–water partition coefficient (Wildman–Crippen LogP) is 4.16. The number of rotatable bonds is 4. The maximum Gasteiger partial charge on any atom is 0.0930 e. The van der Waals surface area contributed by atoms with Crippen LogP contribution in [-0.4, -0.2) is 18.4 Å². The Morgan fingerprint density at radius 1 is 1.36 bits per heavy atom. The summed E-state index contributed by atoms with van der Waals surface area (Å²) in [5.41, 5.74) is 4.12. The molecule has 2 atom stereocenters. The minimum absolute atomic E-state index is 0.370. The zero-order valence-corrected chi connectivity index (χ0v) is 14.6. The van der Waals surface area contributed by atoms with Gasteiger partial charge in [-0.25, -0.2) is 4.99 Å². The van der Waals surface area contributed by atoms with Crippen molar-refractivity contribution in [2.45, 2.75) is 65.5 Å². The van der Waals surface area contributed by atoms with Crippen molar-refractivity contribution in [3.63, 3.8) is 0 Å². The normalized spacial score (nSPS) is 22.9. The van der Waals surface area contributed by atoms with Crippen molar-refractivity contribution in [2.75, 3.05) is 0 Å². The molecule has 0 aliphatic carbocycles. The van der Waals surface area contributed by atoms with Gasteiger partial charge in [-0.3, -0.25) is 0 Å². The monoisotopic (exact) mass is 301 g/mol. The molecule has 0 amide bonds. The van der Waals surface area contributed by atoms with E-state index in [9.17, 15) is 0 Å². The van der Waals surface area contributed by atoms with Crippen LogP contribution < -0.4 is 10.6 Å². The topological polar surface area (TPSA) is 36.4 Å². The molecule has 1 saturated heterocycles. The molecule has 0 spiro atoms. The number of hydrogen-bond acceptors (Lipinski definition) is 3. The molecule has 2 aliphatic rings. The van der Waals surface area contributed by atoms with Gasteiger partial charge in [-0.2, -0.15) is 0 Å². The van der Waals surface area contributed by atoms with Crippen LogP contribution in [0.4, 0.5) is 0 Å². The maximum atomic E-state index is 4.42. The van der Waals surface area contributed by atoms with Gasteiger partial charge in [0.2, 0.25) is 0 Å². The second kappa shape index (κ2) is 10.9. The second-order valence-corrected chi connectivity index (χ2v) is 5.16. The third kappa shape index (κ3) is 5.20. The summed E-state index contributed by atoms with van der Waals surface area (Å²) >= 11 is 0. The molecular weight excluding hydrogens is 270 g/mol. The highest BCUT2D eigenvalue weighted by Crippen LogP contribution is 2.29. The van der Waals surface area contributed by atoms with Gasteiger partial charge in [0.15, 0.2) is 0 Å². The standard InChI is InChI=1S/C15H23N3.C2H6.C2H2/c1-5-6-13-7-8-14(18-13)11(3)15-10(2)12(4)16-9-17-15;2*1-2/h9,13-14,18H,3-8H2,1-2H3,(H,16,17);1-2H3;1-2H. The van der Waals surface area contributed by atoms with E-state index >= 15 is 0 Å². The molecule has 0 aromatic rings. The van der Waals surface area contributed by atoms with Gasteiger partial charge in [-0.1, -0.05) is 40.3 Å². The average Bonchev–Trinajstić information content (AvgIpc) is 3.02. The van der Waals surface area contributed by atoms with E-state index in [-0.39, 0.29) is 0 Å². The highest BCUT2D eigenvalue weighted by Gasteiger charge is 2.27. The first kappa shape index (κ1) is 20.2. The summed E-state index contributed by atoms with van der Waals surface area (Å²) in [5, 5.41) is 6.70. The van der Waals surface area contributed by atoms with Crippen LogP contribution in [0.1, 0.15) is 53.4 Å². The summed E-state index contributed by atoms with van der Waals surface area (Å²) in [5.74, 6) is 0. The van der Waals surface area contributed by atoms with Crippen LogP contribution in [0.2, 0.25) is 0 Å². The lowest BCUT2D eigenvalue weighted by Crippen LogP contribution is -2.31. The van der Waals surface area contributed by atoms with Crippen LogP contribution in [-0.2, 0) is 0 Å². The maximum absolute atomic E-state index is 4.42. The van der Waals surface area contributed by atoms with Gasteiger partial charge in [0.1, 0.15) is 0 Å². The Morgan fingerprint density at radius 3 is 2.59 bits per heavy atom. The fourth-order valence-electron chi connectivity index (χ4n) is 2.68. The SMILES string of the molecule is C#C.C=C1NC=NC(C(=C)C2CCC(CCC)N2)=C1C.CC. The first-order valence-corrected chi connectivity index (χ1v) is 8.11. The van der Waals surface area contributed by atoms with Gasteiger partial charge in [-0.05, 0) is 37.3 Å². The van der Waals surface area contributed by atoms with Gasteiger partial charge in [-0.15, -0.1) is 12.8 Å². The zero-order valence-electron chi connectivity index (χ0n) is 14.6. The van der Waals surface area contributed by atoms with E-state index in [0.29, 0.717) is 12.1 Å². The molecule has 22 heavy (non-hydrogen) atoms. The smallest absolute Gasteiger partial charge is 0.0930 e. The van der Waals surface area contributed by atoms with Crippen LogP contribution in [0.25, 0.3) is 0 Å². The quantitative estimate of drug-likeness (QED) is 0.765. The van der Waals surface area contributed by atoms with E-state index < -0.39 is 0 Å². The molecule has 122 valence electrons. The molecule has 0 bridgehead atoms. The van der Waals surface area contributed by atoms with Crippen molar-refractivity contribution in [3.05, 3.63) is 35.7 Å². The molecule has 2 rings (SSSR count). The number of aliphatic imine (C=N–C) groups is 1. The number of hydrogen-bond donors (Lipinski definition) is 2. The Kier molecular flexibility index (Phi) is 9.98. The van der Waals surface area contributed by atoms with Crippen molar-refractivity contribution in [1.82, 2.24) is 10.6 Å². The van der Waals surface area contributed by atoms with Crippen LogP contribution in [0, 0.1) is 12.8 Å². The molecule has 0 saturated carbocycles. The molecule has 0 aromatic heterocycles. The van der Waals surface area contributed by atoms with E-state index in [0.717, 1.165) is 29.0 Å². The largest absolute Gasteiger partial charge is 0.347 e. The Morgan fingerprint density at radius 2 is 2.00 bits per heavy atom. The highest BCUT2D eigenvalue weighted by molar-refractivity contribution is 5.67. The summed E-state index contributed by atoms with van der Waals surface area (Å²) in [4.78, 5) is 4.42. The van der Waals surface area contributed by atoms with Crippen molar-refractivity contribution >= 4 is 6.34 Å². The molecule has 3 nitrogen and oxygen atoms in total. The highest BCUT2D eigenvalue weighted by atomic mass is 15.0. The van der Waals surface area contributed by atoms with E-state index in [1.165, 1.54) is 19.3 Å². The van der Waals surface area contributed by atoms with Crippen LogP contribution in [0.5, 0.6) is 0 Å². The fraction of sp³-hybridized carbons (Fsp3) is 0.526. The first-order valence-electron chi connectivity index (χ1n) is 8.11. The number of nitrogens with one attached hydrogen (secondary N) is 2. The summed E-state index contributed by atoms with van der Waals surface area (Å²) < 4.78 is 0. The zero-order chi connectivity index (χ0) is 17.1. The molecule has 2 N–H and O–H groups in total. The van der Waals surface area contributed by atoms with Gasteiger partial charge in [0, 0.05) is 17.8 Å². The summed E-state index contributed by atoms with van der Waals surface area (Å²) in [6, 6.07) is 1.01. The van der Waals surface area contributed by atoms with Gasteiger partial charge < -0.3 is 10.6 Å². The van der Waals surface area contributed by atoms with Crippen molar-refractivity contribution in [1.29, 1.82) is 0 Å². The van der Waals surface area contributed by atoms with Gasteiger partial charge >= 0.3 is 0 Å². The lowest BCUT2D eigenvalue weighted by molar-refractivity contribution is 0.529. The Bertz CT molecular complexity index is 455. The van der Waals surface area contributed by atoms with Gasteiger partial charge in [0.25, 0.3) is 0 Å². The van der Waals surface area contributed by atoms with Crippen molar-refractivity contribution in [3.8, 4) is 12.8 Å². The summed E-state index contributed by atoms with van der Waals surface area (Å²) in [6.45, 7) is 16.5. The Labute approximate surface area is 136 Å². The first-order chi connectivity index (χ1) is 10.6. The lowest BCUT2D eigenvalue weighted by Gasteiger charge is -2.21. The molecule has 0 aromatic carbocycles. The van der Waals surface area contributed by atoms with E-state index in [1.807, 2.05) is 20.8 Å². The molecule has 2 aliphatic heterocycles. The number of terminal acetylenes is 1. The molecule has 2 unspecified atom stereocenters. The van der Waals surface area contributed by atoms with Crippen molar-refractivity contribution in [2.24, 2.45) is 4.99 Å². The second-order valence-electron chi connectivity index (χ2n) is 5.16. The minimum atomic E-state index is 0.370. The van der Waals surface area contributed by atoms with E-state index in [4.69, 9.17) is 0 Å². The Balaban J connectivity index is 0.00000102. The summed E-state index contributed by atoms with van der Waals surface area (Å²) in [6.07, 6.45) is 14.6. The fourth-order valence-corrected chi connectivity index (χ4v) is 2.68. The summed E-state index contributed by atoms with van der Waals surface area (Å²) in [7, 11) is 0. The third-order valence-electron chi connectivity index (χ3n) is 3.84. The molecule has 0 radical (unpaired) electrons. The van der Waals surface area contributed by atoms with Crippen LogP contribution in [0.15, 0.2) is 40.7 Å².